The highest BCUT2D eigenvalue weighted by molar-refractivity contribution is 7.95. The van der Waals surface area contributed by atoms with E-state index in [0.29, 0.717) is 5.75 Å². The van der Waals surface area contributed by atoms with E-state index in [1.54, 1.807) is 12.1 Å². The Morgan fingerprint density at radius 1 is 1.30 bits per heavy atom. The predicted octanol–water partition coefficient (Wildman–Crippen LogP) is 1.53. The molecular formula is C11H15FO6S2. The second kappa shape index (κ2) is 8.77. The summed E-state index contributed by atoms with van der Waals surface area (Å²) in [7, 11) is -3.07. The Morgan fingerprint density at radius 2 is 1.75 bits per heavy atom. The first-order valence-corrected chi connectivity index (χ1v) is 8.74. The summed E-state index contributed by atoms with van der Waals surface area (Å²) in [6.45, 7) is 0. The van der Waals surface area contributed by atoms with Gasteiger partial charge in [0, 0.05) is 10.9 Å². The third kappa shape index (κ3) is 8.73. The number of carbonyl (C=O) groups is 1. The molecule has 0 saturated carbocycles. The van der Waals surface area contributed by atoms with Crippen LogP contribution < -0.4 is 4.74 Å². The van der Waals surface area contributed by atoms with Gasteiger partial charge >= 0.3 is 6.16 Å². The summed E-state index contributed by atoms with van der Waals surface area (Å²) >= 11 is 0. The van der Waals surface area contributed by atoms with Gasteiger partial charge < -0.3 is 14.0 Å². The molecule has 0 saturated heterocycles. The van der Waals surface area contributed by atoms with Gasteiger partial charge in [0.2, 0.25) is 0 Å². The third-order valence-electron chi connectivity index (χ3n) is 1.80. The number of ether oxygens (including phenoxy) is 2. The lowest BCUT2D eigenvalue weighted by molar-refractivity contribution is 0.121. The van der Waals surface area contributed by atoms with Crippen molar-refractivity contribution in [1.82, 2.24) is 0 Å². The lowest BCUT2D eigenvalue weighted by atomic mass is 10.3. The van der Waals surface area contributed by atoms with E-state index in [1.807, 2.05) is 12.1 Å². The quantitative estimate of drug-likeness (QED) is 0.362. The molecule has 1 aromatic carbocycles. The summed E-state index contributed by atoms with van der Waals surface area (Å²) < 4.78 is 47.0. The van der Waals surface area contributed by atoms with Gasteiger partial charge in [-0.2, -0.15) is 0 Å². The van der Waals surface area contributed by atoms with E-state index in [2.05, 4.69) is 17.2 Å². The summed E-state index contributed by atoms with van der Waals surface area (Å²) in [4.78, 5) is 12.0. The molecule has 0 bridgehead atoms. The fourth-order valence-corrected chi connectivity index (χ4v) is 1.60. The molecule has 0 aliphatic carbocycles. The maximum atomic E-state index is 10.8. The Balaban J connectivity index is 0.000000511. The number of methoxy groups -OCH3 is 1. The number of hydrogen-bond acceptors (Lipinski definition) is 6. The highest BCUT2D eigenvalue weighted by atomic mass is 32.2. The summed E-state index contributed by atoms with van der Waals surface area (Å²) in [5.74, 6) is 0.506. The number of carbonyl (C=O) groups excluding carboxylic acids is 1. The van der Waals surface area contributed by atoms with Crippen molar-refractivity contribution in [2.75, 3.05) is 25.6 Å². The molecule has 0 spiro atoms. The molecule has 0 atom stereocenters. The molecule has 0 fully saturated rings. The van der Waals surface area contributed by atoms with Crippen molar-refractivity contribution in [2.45, 2.75) is 4.90 Å². The van der Waals surface area contributed by atoms with Gasteiger partial charge in [-0.25, -0.2) is 17.6 Å². The zero-order valence-corrected chi connectivity index (χ0v) is 12.8. The van der Waals surface area contributed by atoms with Crippen LogP contribution in [-0.2, 0) is 25.7 Å². The van der Waals surface area contributed by atoms with E-state index >= 15 is 0 Å². The van der Waals surface area contributed by atoms with Crippen LogP contribution in [0.25, 0.3) is 0 Å². The van der Waals surface area contributed by atoms with Crippen molar-refractivity contribution < 1.29 is 31.6 Å². The molecule has 0 aliphatic rings. The van der Waals surface area contributed by atoms with Gasteiger partial charge in [0.05, 0.1) is 7.11 Å². The van der Waals surface area contributed by atoms with Gasteiger partial charge in [0.1, 0.15) is 28.4 Å². The highest BCUT2D eigenvalue weighted by Crippen LogP contribution is 2.16. The maximum Gasteiger partial charge on any atom is 0.513 e. The van der Waals surface area contributed by atoms with Crippen LogP contribution in [0.2, 0.25) is 0 Å². The summed E-state index contributed by atoms with van der Waals surface area (Å²) in [5.41, 5.74) is 0. The first kappa shape index (κ1) is 18.7. The van der Waals surface area contributed by atoms with E-state index < -0.39 is 22.3 Å². The Morgan fingerprint density at radius 3 is 2.05 bits per heavy atom. The number of halogens is 1. The van der Waals surface area contributed by atoms with Gasteiger partial charge in [0.15, 0.2) is 10.9 Å². The van der Waals surface area contributed by atoms with Crippen LogP contribution in [0, 0.1) is 0 Å². The second-order valence-electron chi connectivity index (χ2n) is 3.51. The number of alkyl halides is 1. The molecule has 0 amide bonds. The number of benzene rings is 1. The van der Waals surface area contributed by atoms with Crippen LogP contribution in [-0.4, -0.2) is 44.8 Å². The zero-order chi connectivity index (χ0) is 15.8. The fourth-order valence-electron chi connectivity index (χ4n) is 0.918. The van der Waals surface area contributed by atoms with Crippen molar-refractivity contribution in [3.63, 3.8) is 0 Å². The standard InChI is InChI=1S/C10H13O3S.CH3FO3S/c1-12-10(11)13-8-4-6-9(7-5-8)14(2)3;2-1-6(3,4)5/h4-7H,1-3H3;1H2,(H,3,4,5)/q+1;/p-1. The van der Waals surface area contributed by atoms with Crippen LogP contribution in [0.3, 0.4) is 0 Å². The monoisotopic (exact) mass is 326 g/mol. The smallest absolute Gasteiger partial charge is 0.513 e. The summed E-state index contributed by atoms with van der Waals surface area (Å²) in [5, 5.41) is 0. The van der Waals surface area contributed by atoms with Gasteiger partial charge in [-0.1, -0.05) is 0 Å². The minimum absolute atomic E-state index is 0.227. The molecule has 1 aromatic rings. The SMILES string of the molecule is COC(=O)Oc1ccc([S+](C)C)cc1.O=S(=O)([O-])CF. The predicted molar refractivity (Wildman–Crippen MR) is 72.6 cm³/mol. The Kier molecular flexibility index (Phi) is 8.19. The van der Waals surface area contributed by atoms with Crippen molar-refractivity contribution in [1.29, 1.82) is 0 Å². The molecule has 0 aromatic heterocycles. The lowest BCUT2D eigenvalue weighted by Gasteiger charge is -2.02. The highest BCUT2D eigenvalue weighted by Gasteiger charge is 2.09. The van der Waals surface area contributed by atoms with E-state index in [4.69, 9.17) is 17.7 Å². The number of rotatable bonds is 3. The molecule has 0 heterocycles. The van der Waals surface area contributed by atoms with Crippen molar-refractivity contribution in [3.8, 4) is 5.75 Å². The van der Waals surface area contributed by atoms with Crippen LogP contribution in [0.4, 0.5) is 9.18 Å². The molecule has 1 rings (SSSR count). The largest absolute Gasteiger partial charge is 0.746 e. The molecule has 9 heteroatoms. The fraction of sp³-hybridized carbons (Fsp3) is 0.364. The minimum atomic E-state index is -4.58. The van der Waals surface area contributed by atoms with Crippen molar-refractivity contribution in [3.05, 3.63) is 24.3 Å². The van der Waals surface area contributed by atoms with Crippen LogP contribution in [0.15, 0.2) is 29.2 Å². The van der Waals surface area contributed by atoms with Gasteiger partial charge in [-0.3, -0.25) is 0 Å². The van der Waals surface area contributed by atoms with E-state index in [1.165, 1.54) is 12.0 Å². The maximum absolute atomic E-state index is 10.8. The normalized spacial score (nSPS) is 10.5. The molecule has 20 heavy (non-hydrogen) atoms. The lowest BCUT2D eigenvalue weighted by Crippen LogP contribution is -2.07. The van der Waals surface area contributed by atoms with Crippen LogP contribution >= 0.6 is 0 Å². The average molecular weight is 326 g/mol. The molecule has 0 aliphatic heterocycles. The molecule has 0 unspecified atom stereocenters. The number of hydrogen-bond donors (Lipinski definition) is 0. The molecule has 0 N–H and O–H groups in total. The topological polar surface area (TPSA) is 92.7 Å². The molecule has 6 nitrogen and oxygen atoms in total. The average Bonchev–Trinajstić information content (AvgIpc) is 2.39. The van der Waals surface area contributed by atoms with Gasteiger partial charge in [0.25, 0.3) is 0 Å². The van der Waals surface area contributed by atoms with Gasteiger partial charge in [-0.05, 0) is 24.3 Å². The van der Waals surface area contributed by atoms with E-state index in [0.717, 1.165) is 0 Å². The molecule has 114 valence electrons. The van der Waals surface area contributed by atoms with Gasteiger partial charge in [-0.15, -0.1) is 0 Å². The minimum Gasteiger partial charge on any atom is -0.746 e. The van der Waals surface area contributed by atoms with Crippen molar-refractivity contribution >= 4 is 27.2 Å². The van der Waals surface area contributed by atoms with E-state index in [-0.39, 0.29) is 10.9 Å². The first-order chi connectivity index (χ1) is 9.19. The summed E-state index contributed by atoms with van der Waals surface area (Å²) in [6.07, 6.45) is 3.58. The molecular weight excluding hydrogens is 311 g/mol. The first-order valence-electron chi connectivity index (χ1n) is 5.12. The Hall–Kier alpha value is -1.32. The van der Waals surface area contributed by atoms with Crippen molar-refractivity contribution in [2.24, 2.45) is 0 Å². The zero-order valence-electron chi connectivity index (χ0n) is 11.2. The Labute approximate surface area is 120 Å². The van der Waals surface area contributed by atoms with E-state index in [9.17, 15) is 9.18 Å². The second-order valence-corrected chi connectivity index (χ2v) is 6.95. The molecule has 0 radical (unpaired) electrons. The van der Waals surface area contributed by atoms with Crippen LogP contribution in [0.5, 0.6) is 5.75 Å². The summed E-state index contributed by atoms with van der Waals surface area (Å²) in [6, 6.07) is 5.61. The third-order valence-corrected chi connectivity index (χ3v) is 3.28. The van der Waals surface area contributed by atoms with Crippen LogP contribution in [0.1, 0.15) is 0 Å². The Bertz CT molecular complexity index is 512.